The maximum atomic E-state index is 12.1. The van der Waals surface area contributed by atoms with Crippen molar-refractivity contribution in [2.45, 2.75) is 13.0 Å². The van der Waals surface area contributed by atoms with Crippen molar-refractivity contribution in [1.29, 1.82) is 0 Å². The van der Waals surface area contributed by atoms with Gasteiger partial charge >= 0.3 is 5.97 Å². The Bertz CT molecular complexity index is 321. The molecule has 0 aliphatic carbocycles. The topological polar surface area (TPSA) is 80.7 Å². The molecule has 0 fully saturated rings. The lowest BCUT2D eigenvalue weighted by Crippen LogP contribution is -2.28. The van der Waals surface area contributed by atoms with Gasteiger partial charge in [-0.15, -0.1) is 0 Å². The summed E-state index contributed by atoms with van der Waals surface area (Å²) in [5, 5.41) is 0. The number of carbonyl (C=O) groups excluding carboxylic acids is 1. The largest absolute Gasteiger partial charge is 0.455 e. The van der Waals surface area contributed by atoms with Gasteiger partial charge in [0, 0.05) is 5.57 Å². The molecule has 1 unspecified atom stereocenters. The molecule has 82 valence electrons. The van der Waals surface area contributed by atoms with Crippen LogP contribution in [-0.4, -0.2) is 37.5 Å². The predicted molar refractivity (Wildman–Crippen MR) is 47.1 cm³/mol. The fourth-order valence-electron chi connectivity index (χ4n) is 0.597. The van der Waals surface area contributed by atoms with E-state index in [2.05, 4.69) is 11.3 Å². The summed E-state index contributed by atoms with van der Waals surface area (Å²) in [4.78, 5) is 10.8. The number of alkyl halides is 1. The van der Waals surface area contributed by atoms with Crippen LogP contribution in [0.25, 0.3) is 0 Å². The van der Waals surface area contributed by atoms with E-state index in [1.807, 2.05) is 0 Å². The van der Waals surface area contributed by atoms with Gasteiger partial charge in [0.15, 0.2) is 0 Å². The Morgan fingerprint density at radius 1 is 1.64 bits per heavy atom. The molecule has 1 atom stereocenters. The lowest BCUT2D eigenvalue weighted by Gasteiger charge is -2.12. The molecule has 0 aliphatic heterocycles. The SMILES string of the molecule is C=C(C)C(=O)OC(CF)CS(=O)(=O)O. The minimum Gasteiger partial charge on any atom is -0.455 e. The standard InChI is InChI=1S/C7H11FO5S/c1-5(2)7(9)13-6(3-8)4-14(10,11)12/h6H,1,3-4H2,2H3,(H,10,11,12). The molecule has 0 amide bonds. The quantitative estimate of drug-likeness (QED) is 0.415. The summed E-state index contributed by atoms with van der Waals surface area (Å²) in [5.41, 5.74) is 0.0267. The Labute approximate surface area is 81.3 Å². The number of carbonyl (C=O) groups is 1. The first-order valence-corrected chi connectivity index (χ1v) is 5.25. The molecule has 0 aromatic heterocycles. The van der Waals surface area contributed by atoms with Gasteiger partial charge in [0.2, 0.25) is 0 Å². The zero-order chi connectivity index (χ0) is 11.4. The van der Waals surface area contributed by atoms with Crippen LogP contribution in [0, 0.1) is 0 Å². The van der Waals surface area contributed by atoms with E-state index in [0.29, 0.717) is 0 Å². The maximum absolute atomic E-state index is 12.1. The smallest absolute Gasteiger partial charge is 0.333 e. The van der Waals surface area contributed by atoms with E-state index in [0.717, 1.165) is 0 Å². The first-order valence-electron chi connectivity index (χ1n) is 3.64. The van der Waals surface area contributed by atoms with E-state index >= 15 is 0 Å². The second-order valence-corrected chi connectivity index (χ2v) is 4.21. The monoisotopic (exact) mass is 226 g/mol. The molecule has 0 aromatic carbocycles. The van der Waals surface area contributed by atoms with Gasteiger partial charge in [-0.1, -0.05) is 6.58 Å². The number of ether oxygens (including phenoxy) is 1. The van der Waals surface area contributed by atoms with E-state index in [-0.39, 0.29) is 5.57 Å². The molecule has 0 heterocycles. The van der Waals surface area contributed by atoms with Crippen LogP contribution in [0.4, 0.5) is 4.39 Å². The molecular formula is C7H11FO5S. The van der Waals surface area contributed by atoms with E-state index in [9.17, 15) is 17.6 Å². The van der Waals surface area contributed by atoms with Gasteiger partial charge < -0.3 is 4.74 Å². The molecule has 0 rings (SSSR count). The first-order chi connectivity index (χ1) is 6.26. The average molecular weight is 226 g/mol. The normalized spacial score (nSPS) is 13.4. The fraction of sp³-hybridized carbons (Fsp3) is 0.571. The number of hydrogen-bond donors (Lipinski definition) is 1. The summed E-state index contributed by atoms with van der Waals surface area (Å²) in [6.45, 7) is 3.39. The van der Waals surface area contributed by atoms with E-state index < -0.39 is 34.6 Å². The highest BCUT2D eigenvalue weighted by atomic mass is 32.2. The van der Waals surface area contributed by atoms with Crippen molar-refractivity contribution in [3.8, 4) is 0 Å². The van der Waals surface area contributed by atoms with Crippen LogP contribution in [0.2, 0.25) is 0 Å². The number of esters is 1. The second kappa shape index (κ2) is 5.06. The molecule has 5 nitrogen and oxygen atoms in total. The van der Waals surface area contributed by atoms with Gasteiger partial charge in [0.05, 0.1) is 0 Å². The molecule has 0 saturated heterocycles. The van der Waals surface area contributed by atoms with Gasteiger partial charge in [-0.2, -0.15) is 8.42 Å². The Morgan fingerprint density at radius 2 is 2.14 bits per heavy atom. The lowest BCUT2D eigenvalue weighted by atomic mass is 10.3. The molecule has 14 heavy (non-hydrogen) atoms. The molecule has 7 heteroatoms. The maximum Gasteiger partial charge on any atom is 0.333 e. The van der Waals surface area contributed by atoms with Gasteiger partial charge in [-0.3, -0.25) is 4.55 Å². The van der Waals surface area contributed by atoms with Crippen LogP contribution in [0.1, 0.15) is 6.92 Å². The van der Waals surface area contributed by atoms with Crippen LogP contribution in [-0.2, 0) is 19.6 Å². The van der Waals surface area contributed by atoms with Crippen LogP contribution in [0.3, 0.4) is 0 Å². The highest BCUT2D eigenvalue weighted by molar-refractivity contribution is 7.85. The number of rotatable bonds is 5. The van der Waals surface area contributed by atoms with Crippen molar-refractivity contribution >= 4 is 16.1 Å². The molecule has 0 saturated carbocycles. The molecule has 0 aromatic rings. The number of hydrogen-bond acceptors (Lipinski definition) is 4. The summed E-state index contributed by atoms with van der Waals surface area (Å²) in [7, 11) is -4.35. The van der Waals surface area contributed by atoms with Crippen LogP contribution < -0.4 is 0 Å². The first kappa shape index (κ1) is 13.1. The highest BCUT2D eigenvalue weighted by Gasteiger charge is 2.21. The molecule has 0 radical (unpaired) electrons. The molecule has 0 aliphatic rings. The third-order valence-electron chi connectivity index (χ3n) is 1.19. The Balaban J connectivity index is 4.31. The van der Waals surface area contributed by atoms with Gasteiger partial charge in [0.1, 0.15) is 18.5 Å². The summed E-state index contributed by atoms with van der Waals surface area (Å²) in [5.74, 6) is -1.85. The summed E-state index contributed by atoms with van der Waals surface area (Å²) in [6, 6.07) is 0. The van der Waals surface area contributed by atoms with Crippen LogP contribution in [0.5, 0.6) is 0 Å². The average Bonchev–Trinajstić information content (AvgIpc) is 2.00. The summed E-state index contributed by atoms with van der Waals surface area (Å²) >= 11 is 0. The van der Waals surface area contributed by atoms with Crippen LogP contribution in [0.15, 0.2) is 12.2 Å². The van der Waals surface area contributed by atoms with Gasteiger partial charge in [-0.05, 0) is 6.92 Å². The molecule has 0 spiro atoms. The molecule has 0 bridgehead atoms. The second-order valence-electron chi connectivity index (χ2n) is 2.71. The summed E-state index contributed by atoms with van der Waals surface area (Å²) < 4.78 is 45.5. The van der Waals surface area contributed by atoms with Crippen molar-refractivity contribution in [3.05, 3.63) is 12.2 Å². The van der Waals surface area contributed by atoms with Crippen molar-refractivity contribution in [2.24, 2.45) is 0 Å². The van der Waals surface area contributed by atoms with E-state index in [1.54, 1.807) is 0 Å². The van der Waals surface area contributed by atoms with Crippen molar-refractivity contribution in [3.63, 3.8) is 0 Å². The van der Waals surface area contributed by atoms with Gasteiger partial charge in [-0.25, -0.2) is 9.18 Å². The Kier molecular flexibility index (Phi) is 4.72. The van der Waals surface area contributed by atoms with E-state index in [4.69, 9.17) is 4.55 Å². The Hall–Kier alpha value is -0.950. The van der Waals surface area contributed by atoms with Crippen molar-refractivity contribution in [1.82, 2.24) is 0 Å². The fourth-order valence-corrected chi connectivity index (χ4v) is 1.22. The lowest BCUT2D eigenvalue weighted by molar-refractivity contribution is -0.143. The van der Waals surface area contributed by atoms with Crippen molar-refractivity contribution < 1.29 is 26.9 Å². The van der Waals surface area contributed by atoms with Gasteiger partial charge in [0.25, 0.3) is 10.1 Å². The zero-order valence-electron chi connectivity index (χ0n) is 7.57. The minimum atomic E-state index is -4.35. The zero-order valence-corrected chi connectivity index (χ0v) is 8.38. The number of halogens is 1. The predicted octanol–water partition coefficient (Wildman–Crippen LogP) is 0.332. The molecule has 1 N–H and O–H groups in total. The highest BCUT2D eigenvalue weighted by Crippen LogP contribution is 2.02. The third-order valence-corrected chi connectivity index (χ3v) is 1.98. The summed E-state index contributed by atoms with van der Waals surface area (Å²) in [6.07, 6.45) is -1.49. The van der Waals surface area contributed by atoms with Crippen LogP contribution >= 0.6 is 0 Å². The Morgan fingerprint density at radius 3 is 2.43 bits per heavy atom. The third kappa shape index (κ3) is 5.65. The minimum absolute atomic E-state index is 0.0267. The van der Waals surface area contributed by atoms with Crippen molar-refractivity contribution in [2.75, 3.05) is 12.4 Å². The molecular weight excluding hydrogens is 215 g/mol. The van der Waals surface area contributed by atoms with E-state index in [1.165, 1.54) is 6.92 Å².